The van der Waals surface area contributed by atoms with Gasteiger partial charge in [-0.3, -0.25) is 4.90 Å². The van der Waals surface area contributed by atoms with Crippen molar-refractivity contribution in [1.82, 2.24) is 44.9 Å². The Morgan fingerprint density at radius 1 is 0.299 bits per heavy atom. The summed E-state index contributed by atoms with van der Waals surface area (Å²) in [4.78, 5) is 18.1. The third-order valence-electron chi connectivity index (χ3n) is 25.1. The minimum absolute atomic E-state index is 0. The molecule has 7 rings (SSSR count). The lowest BCUT2D eigenvalue weighted by molar-refractivity contribution is 0.117. The van der Waals surface area contributed by atoms with Crippen molar-refractivity contribution in [2.24, 2.45) is 88.8 Å². The molecule has 2 N–H and O–H groups in total. The van der Waals surface area contributed by atoms with Gasteiger partial charge in [0.25, 0.3) is 0 Å². The topological polar surface area (TPSA) is 46.7 Å². The first-order valence-corrected chi connectivity index (χ1v) is 45.6. The molecule has 9 nitrogen and oxygen atoms in total. The second-order valence-electron chi connectivity index (χ2n) is 40.3. The molecular weight excluding hydrogens is 1300 g/mol. The van der Waals surface area contributed by atoms with Crippen molar-refractivity contribution in [2.45, 2.75) is 461 Å². The zero-order chi connectivity index (χ0) is 79.4. The third kappa shape index (κ3) is 58.2. The summed E-state index contributed by atoms with van der Waals surface area (Å²) in [6.45, 7) is 99.9. The maximum absolute atomic E-state index is 3.64. The summed E-state index contributed by atoms with van der Waals surface area (Å²) in [5.74, 6) is 13.6. The van der Waals surface area contributed by atoms with Crippen LogP contribution in [0.15, 0.2) is 0 Å². The molecule has 0 bridgehead atoms. The normalized spacial score (nSPS) is 22.5. The monoisotopic (exact) mass is 1520 g/mol. The van der Waals surface area contributed by atoms with Crippen LogP contribution in [0.1, 0.15) is 395 Å². The van der Waals surface area contributed by atoms with Crippen LogP contribution in [-0.2, 0) is 0 Å². The highest BCUT2D eigenvalue weighted by atomic mass is 15.2. The number of likely N-dealkylation sites (tertiary alicyclic amines) is 6. The first-order chi connectivity index (χ1) is 47.9. The molecule has 4 atom stereocenters. The summed E-state index contributed by atoms with van der Waals surface area (Å²) in [6.07, 6.45) is 25.2. The molecule has 6 heterocycles. The summed E-state index contributed by atoms with van der Waals surface area (Å²) in [7, 11) is 2.19. The summed E-state index contributed by atoms with van der Waals surface area (Å²) in [6, 6.07) is 8.15. The second kappa shape index (κ2) is 66.7. The van der Waals surface area contributed by atoms with Crippen molar-refractivity contribution in [2.75, 3.05) is 92.1 Å². The zero-order valence-corrected chi connectivity index (χ0v) is 78.1. The molecule has 7 aliphatic rings. The molecule has 1 aliphatic carbocycles. The number of rotatable bonds is 24. The van der Waals surface area contributed by atoms with Gasteiger partial charge in [-0.15, -0.1) is 0 Å². The molecule has 6 aliphatic heterocycles. The van der Waals surface area contributed by atoms with Crippen LogP contribution in [0.5, 0.6) is 0 Å². The van der Waals surface area contributed by atoms with E-state index < -0.39 is 0 Å². The summed E-state index contributed by atoms with van der Waals surface area (Å²) < 4.78 is 0. The van der Waals surface area contributed by atoms with E-state index in [0.717, 1.165) is 144 Å². The van der Waals surface area contributed by atoms with Crippen LogP contribution in [0.25, 0.3) is 0 Å². The van der Waals surface area contributed by atoms with Crippen LogP contribution in [0.4, 0.5) is 0 Å². The van der Waals surface area contributed by atoms with E-state index in [-0.39, 0.29) is 29.7 Å². The van der Waals surface area contributed by atoms with Crippen LogP contribution >= 0.6 is 0 Å². The Labute approximate surface area is 683 Å². The van der Waals surface area contributed by atoms with Crippen molar-refractivity contribution in [3.05, 3.63) is 0 Å². The van der Waals surface area contributed by atoms with Gasteiger partial charge in [0.2, 0.25) is 0 Å². The molecule has 6 saturated heterocycles. The first-order valence-electron chi connectivity index (χ1n) is 45.6. The maximum Gasteiger partial charge on any atom is 0.0101 e. The van der Waals surface area contributed by atoms with Gasteiger partial charge in [0.15, 0.2) is 0 Å². The van der Waals surface area contributed by atoms with Crippen molar-refractivity contribution in [1.29, 1.82) is 0 Å². The lowest BCUT2D eigenvalue weighted by Gasteiger charge is -2.37. The molecule has 107 heavy (non-hydrogen) atoms. The fourth-order valence-electron chi connectivity index (χ4n) is 16.3. The molecule has 3 unspecified atom stereocenters. The Bertz CT molecular complexity index is 1700. The summed E-state index contributed by atoms with van der Waals surface area (Å²) >= 11 is 0. The van der Waals surface area contributed by atoms with Gasteiger partial charge in [0, 0.05) is 86.1 Å². The average molecular weight is 1520 g/mol. The van der Waals surface area contributed by atoms with Crippen LogP contribution < -0.4 is 10.6 Å². The molecule has 0 amide bonds. The number of hydrogen-bond acceptors (Lipinski definition) is 9. The predicted molar refractivity (Wildman–Crippen MR) is 497 cm³/mol. The van der Waals surface area contributed by atoms with Crippen molar-refractivity contribution in [3.63, 3.8) is 0 Å². The SMILES string of the molecule is C.C.C.C.CC(C)C1CCCN(C(C)C)C1.CC(C)C1CCN(C(C)C)C1.CC(C)C1CCN(C(C)C)CC1.CC(C)C1CCN(C(C)C)CC1.CC(C)CC1CCCN1C(C)C.CC(C)CCN(C)C(C)C.CC(C)CCNC(C)C.CC(C)NC1CCC(C(C)C)CC1.CC(C)[C@@H]1CCCN(C(C)C)C1. The molecule has 1 saturated carbocycles. The molecule has 654 valence electrons. The second-order valence-corrected chi connectivity index (χ2v) is 40.3. The van der Waals surface area contributed by atoms with E-state index >= 15 is 0 Å². The molecule has 0 aromatic heterocycles. The lowest BCUT2D eigenvalue weighted by atomic mass is 9.79. The minimum atomic E-state index is 0. The van der Waals surface area contributed by atoms with Gasteiger partial charge in [-0.1, -0.05) is 182 Å². The predicted octanol–water partition coefficient (Wildman–Crippen LogP) is 26.5. The zero-order valence-electron chi connectivity index (χ0n) is 78.1. The van der Waals surface area contributed by atoms with E-state index in [1.54, 1.807) is 0 Å². The third-order valence-corrected chi connectivity index (χ3v) is 25.1. The molecule has 0 aromatic rings. The molecule has 7 fully saturated rings. The van der Waals surface area contributed by atoms with Crippen LogP contribution in [-0.4, -0.2) is 193 Å². The van der Waals surface area contributed by atoms with Gasteiger partial charge in [-0.25, -0.2) is 0 Å². The number of hydrogen-bond donors (Lipinski definition) is 2. The molecule has 0 radical (unpaired) electrons. The van der Waals surface area contributed by atoms with Gasteiger partial charge in [0.1, 0.15) is 0 Å². The Hall–Kier alpha value is -0.360. The Balaban J connectivity index is -0.000000267. The van der Waals surface area contributed by atoms with E-state index in [2.05, 4.69) is 301 Å². The number of nitrogens with one attached hydrogen (secondary N) is 2. The van der Waals surface area contributed by atoms with Crippen LogP contribution in [0.2, 0.25) is 0 Å². The van der Waals surface area contributed by atoms with E-state index in [1.165, 1.54) is 194 Å². The van der Waals surface area contributed by atoms with E-state index in [9.17, 15) is 0 Å². The standard InChI is InChI=1S/C12H25N.5C11H23N.C10H21N.C9H21N.C8H19N.4CH4/c1-9(2)11-5-7-12(8-6-11)13-10(3)4;2*1-9(2)11-5-7-12(8-6-11)10(3)4;2*1-9(2)11-6-5-7-12(8-11)10(3)4;1-9(2)8-11-6-5-7-12(11)10(3)4;1-8(2)10-5-6-11(7-10)9(3)4;1-8(2)6-7-10(5)9(3)4;1-7(2)5-6-9-8(3)4;;;;/h9-13H,5-8H2,1-4H3;5*9-11H,5-8H2,1-4H3;8-10H,5-7H2,1-4H3;8-9H,6-7H2,1-5H3;7-9H,5-6H2,1-4H3;4*1H4/t;;;11-;;;;;;;;;/m...1........./s1. The molecule has 0 spiro atoms. The Kier molecular flexibility index (Phi) is 73.3. The fourth-order valence-corrected chi connectivity index (χ4v) is 16.3. The maximum atomic E-state index is 3.64. The Morgan fingerprint density at radius 3 is 0.879 bits per heavy atom. The van der Waals surface area contributed by atoms with Crippen LogP contribution in [0, 0.1) is 88.8 Å². The van der Waals surface area contributed by atoms with Gasteiger partial charge in [-0.2, -0.15) is 0 Å². The molecule has 9 heteroatoms. The van der Waals surface area contributed by atoms with Gasteiger partial charge >= 0.3 is 0 Å². The van der Waals surface area contributed by atoms with Gasteiger partial charge < -0.3 is 40.0 Å². The number of piperidine rings is 4. The van der Waals surface area contributed by atoms with Crippen molar-refractivity contribution in [3.8, 4) is 0 Å². The van der Waals surface area contributed by atoms with Gasteiger partial charge in [-0.05, 0) is 374 Å². The first kappa shape index (κ1) is 117. The van der Waals surface area contributed by atoms with Crippen molar-refractivity contribution >= 4 is 0 Å². The summed E-state index contributed by atoms with van der Waals surface area (Å²) in [5.41, 5.74) is 0. The van der Waals surface area contributed by atoms with Crippen molar-refractivity contribution < 1.29 is 0 Å². The highest BCUT2D eigenvalue weighted by Gasteiger charge is 2.30. The van der Waals surface area contributed by atoms with E-state index in [0.29, 0.717) is 18.1 Å². The highest BCUT2D eigenvalue weighted by molar-refractivity contribution is 4.85. The Morgan fingerprint density at radius 2 is 0.607 bits per heavy atom. The van der Waals surface area contributed by atoms with Gasteiger partial charge in [0.05, 0.1) is 0 Å². The quantitative estimate of drug-likeness (QED) is 0.0984. The van der Waals surface area contributed by atoms with E-state index in [4.69, 9.17) is 0 Å². The highest BCUT2D eigenvalue weighted by Crippen LogP contribution is 2.32. The minimum Gasteiger partial charge on any atom is -0.315 e. The summed E-state index contributed by atoms with van der Waals surface area (Å²) in [5, 5.41) is 7.02. The molecule has 0 aromatic carbocycles. The average Bonchev–Trinajstić information content (AvgIpc) is 1.79. The smallest absolute Gasteiger partial charge is 0.0101 e. The van der Waals surface area contributed by atoms with Crippen LogP contribution in [0.3, 0.4) is 0 Å². The molecular formula is C98H217N9. The number of nitrogens with zero attached hydrogens (tertiary/aromatic N) is 7. The fraction of sp³-hybridized carbons (Fsp3) is 1.00. The largest absolute Gasteiger partial charge is 0.315 e. The van der Waals surface area contributed by atoms with E-state index in [1.807, 2.05) is 0 Å². The lowest BCUT2D eigenvalue weighted by Crippen LogP contribution is -2.41.